The molecule has 0 radical (unpaired) electrons. The zero-order chi connectivity index (χ0) is 20.4. The van der Waals surface area contributed by atoms with E-state index in [9.17, 15) is 10.1 Å². The number of nitrogens with one attached hydrogen (secondary N) is 1. The van der Waals surface area contributed by atoms with Gasteiger partial charge in [-0.3, -0.25) is 9.78 Å². The minimum atomic E-state index is -0.435. The highest BCUT2D eigenvalue weighted by molar-refractivity contribution is 6.40. The lowest BCUT2D eigenvalue weighted by Crippen LogP contribution is -2.14. The van der Waals surface area contributed by atoms with E-state index in [0.29, 0.717) is 23.3 Å². The van der Waals surface area contributed by atoms with Crippen LogP contribution in [-0.2, 0) is 6.54 Å². The molecule has 142 valence electrons. The number of carbonyl (C=O) groups excluding carboxylic acids is 1. The Kier molecular flexibility index (Phi) is 5.17. The molecule has 0 spiro atoms. The fourth-order valence-electron chi connectivity index (χ4n) is 3.11. The zero-order valence-electron chi connectivity index (χ0n) is 14.9. The third-order valence-electron chi connectivity index (χ3n) is 4.47. The molecule has 0 atom stereocenters. The van der Waals surface area contributed by atoms with Crippen molar-refractivity contribution in [2.24, 2.45) is 0 Å². The number of fused-ring (bicyclic) bond motifs is 1. The summed E-state index contributed by atoms with van der Waals surface area (Å²) in [6.45, 7) is 0.454. The van der Waals surface area contributed by atoms with E-state index in [1.165, 1.54) is 6.20 Å². The van der Waals surface area contributed by atoms with E-state index in [1.807, 2.05) is 16.8 Å². The fourth-order valence-corrected chi connectivity index (χ4v) is 3.68. The number of nitrogens with zero attached hydrogens (tertiary/aromatic N) is 4. The summed E-state index contributed by atoms with van der Waals surface area (Å²) in [7, 11) is 0. The van der Waals surface area contributed by atoms with Gasteiger partial charge in [-0.05, 0) is 18.2 Å². The molecule has 1 amide bonds. The molecule has 2 aromatic carbocycles. The number of hydrogen-bond donors (Lipinski definition) is 1. The summed E-state index contributed by atoms with van der Waals surface area (Å²) in [5, 5.41) is 13.6. The topological polar surface area (TPSA) is 83.6 Å². The molecule has 1 N–H and O–H groups in total. The van der Waals surface area contributed by atoms with Crippen LogP contribution in [0.1, 0.15) is 21.5 Å². The zero-order valence-corrected chi connectivity index (χ0v) is 16.4. The molecule has 0 aliphatic heterocycles. The lowest BCUT2D eigenvalue weighted by molar-refractivity contribution is 0.102. The van der Waals surface area contributed by atoms with E-state index in [1.54, 1.807) is 42.9 Å². The number of pyridine rings is 1. The molecule has 0 fully saturated rings. The van der Waals surface area contributed by atoms with Gasteiger partial charge in [0.25, 0.3) is 5.91 Å². The normalized spacial score (nSPS) is 10.7. The summed E-state index contributed by atoms with van der Waals surface area (Å²) in [4.78, 5) is 21.2. The van der Waals surface area contributed by atoms with E-state index >= 15 is 0 Å². The SMILES string of the molecule is N#Cc1cnc2c(NC(=O)c3c(Cl)cccc3Cl)cccc2c1Cn1ccnc1. The predicted molar refractivity (Wildman–Crippen MR) is 112 cm³/mol. The molecule has 6 nitrogen and oxygen atoms in total. The molecule has 2 heterocycles. The van der Waals surface area contributed by atoms with E-state index in [4.69, 9.17) is 23.2 Å². The highest BCUT2D eigenvalue weighted by Crippen LogP contribution is 2.29. The Bertz CT molecular complexity index is 1240. The van der Waals surface area contributed by atoms with E-state index in [-0.39, 0.29) is 15.6 Å². The van der Waals surface area contributed by atoms with Crippen molar-refractivity contribution in [2.45, 2.75) is 6.54 Å². The van der Waals surface area contributed by atoms with Crippen molar-refractivity contribution in [3.8, 4) is 6.07 Å². The third kappa shape index (κ3) is 3.66. The molecule has 0 aliphatic rings. The van der Waals surface area contributed by atoms with E-state index in [2.05, 4.69) is 21.4 Å². The van der Waals surface area contributed by atoms with Crippen LogP contribution >= 0.6 is 23.2 Å². The van der Waals surface area contributed by atoms with Crippen molar-refractivity contribution in [3.05, 3.63) is 88.1 Å². The van der Waals surface area contributed by atoms with Crippen LogP contribution in [-0.4, -0.2) is 20.4 Å². The molecule has 29 heavy (non-hydrogen) atoms. The van der Waals surface area contributed by atoms with Crippen molar-refractivity contribution >= 4 is 45.7 Å². The third-order valence-corrected chi connectivity index (χ3v) is 5.10. The number of amides is 1. The maximum atomic E-state index is 12.8. The molecule has 0 aliphatic carbocycles. The predicted octanol–water partition coefficient (Wildman–Crippen LogP) is 4.91. The van der Waals surface area contributed by atoms with Gasteiger partial charge < -0.3 is 9.88 Å². The Morgan fingerprint density at radius 2 is 1.93 bits per heavy atom. The summed E-state index contributed by atoms with van der Waals surface area (Å²) in [6, 6.07) is 12.5. The van der Waals surface area contributed by atoms with Crippen molar-refractivity contribution in [2.75, 3.05) is 5.32 Å². The first-order chi connectivity index (χ1) is 14.1. The Hall–Kier alpha value is -3.40. The average molecular weight is 422 g/mol. The standard InChI is InChI=1S/C21H13Cl2N5O/c22-16-4-2-5-17(23)19(16)21(29)27-18-6-1-3-14-15(11-28-8-7-25-12-28)13(9-24)10-26-20(14)18/h1-8,10,12H,11H2,(H,27,29). The number of aromatic nitrogens is 3. The maximum Gasteiger partial charge on any atom is 0.258 e. The van der Waals surface area contributed by atoms with Crippen molar-refractivity contribution in [1.29, 1.82) is 5.26 Å². The molecule has 4 aromatic rings. The van der Waals surface area contributed by atoms with Gasteiger partial charge in [0.2, 0.25) is 0 Å². The van der Waals surface area contributed by atoms with Crippen molar-refractivity contribution in [1.82, 2.24) is 14.5 Å². The van der Waals surface area contributed by atoms with Gasteiger partial charge in [0, 0.05) is 29.5 Å². The van der Waals surface area contributed by atoms with E-state index in [0.717, 1.165) is 10.9 Å². The largest absolute Gasteiger partial charge is 0.333 e. The first-order valence-electron chi connectivity index (χ1n) is 8.60. The van der Waals surface area contributed by atoms with Crippen LogP contribution in [0.15, 0.2) is 61.3 Å². The highest BCUT2D eigenvalue weighted by atomic mass is 35.5. The lowest BCUT2D eigenvalue weighted by Gasteiger charge is -2.13. The lowest BCUT2D eigenvalue weighted by atomic mass is 10.0. The average Bonchev–Trinajstić information content (AvgIpc) is 3.21. The molecular weight excluding hydrogens is 409 g/mol. The molecule has 2 aromatic heterocycles. The van der Waals surface area contributed by atoms with Gasteiger partial charge in [0.05, 0.1) is 45.2 Å². The maximum absolute atomic E-state index is 12.8. The Morgan fingerprint density at radius 3 is 2.62 bits per heavy atom. The summed E-state index contributed by atoms with van der Waals surface area (Å²) in [5.74, 6) is -0.435. The van der Waals surface area contributed by atoms with Gasteiger partial charge in [-0.15, -0.1) is 0 Å². The number of anilines is 1. The first-order valence-corrected chi connectivity index (χ1v) is 9.36. The first kappa shape index (κ1) is 18.9. The quantitative estimate of drug-likeness (QED) is 0.507. The summed E-state index contributed by atoms with van der Waals surface area (Å²) in [6.07, 6.45) is 6.68. The van der Waals surface area contributed by atoms with Gasteiger partial charge in [-0.2, -0.15) is 5.26 Å². The van der Waals surface area contributed by atoms with Crippen LogP contribution in [0.25, 0.3) is 10.9 Å². The molecule has 4 rings (SSSR count). The number of imidazole rings is 1. The summed E-state index contributed by atoms with van der Waals surface area (Å²) in [5.41, 5.74) is 2.52. The molecule has 8 heteroatoms. The van der Waals surface area contributed by atoms with Gasteiger partial charge >= 0.3 is 0 Å². The summed E-state index contributed by atoms with van der Waals surface area (Å²) < 4.78 is 1.87. The minimum absolute atomic E-state index is 0.195. The summed E-state index contributed by atoms with van der Waals surface area (Å²) >= 11 is 12.3. The van der Waals surface area contributed by atoms with Crippen LogP contribution in [0.3, 0.4) is 0 Å². The van der Waals surface area contributed by atoms with E-state index < -0.39 is 5.91 Å². The van der Waals surface area contributed by atoms with Crippen molar-refractivity contribution < 1.29 is 4.79 Å². The number of rotatable bonds is 4. The molecule has 0 bridgehead atoms. The second kappa shape index (κ2) is 7.92. The fraction of sp³-hybridized carbons (Fsp3) is 0.0476. The van der Waals surface area contributed by atoms with Gasteiger partial charge in [-0.25, -0.2) is 4.98 Å². The number of hydrogen-bond acceptors (Lipinski definition) is 4. The van der Waals surface area contributed by atoms with Crippen LogP contribution in [0.2, 0.25) is 10.0 Å². The number of carbonyl (C=O) groups is 1. The second-order valence-corrected chi connectivity index (χ2v) is 7.06. The van der Waals surface area contributed by atoms with Crippen LogP contribution in [0, 0.1) is 11.3 Å². The van der Waals surface area contributed by atoms with Crippen molar-refractivity contribution in [3.63, 3.8) is 0 Å². The Labute approximate surface area is 176 Å². The Morgan fingerprint density at radius 1 is 1.17 bits per heavy atom. The Balaban J connectivity index is 1.79. The highest BCUT2D eigenvalue weighted by Gasteiger charge is 2.17. The number of benzene rings is 2. The molecule has 0 saturated carbocycles. The van der Waals surface area contributed by atoms with Gasteiger partial charge in [0.1, 0.15) is 6.07 Å². The van der Waals surface area contributed by atoms with Gasteiger partial charge in [-0.1, -0.05) is 41.4 Å². The minimum Gasteiger partial charge on any atom is -0.333 e. The monoisotopic (exact) mass is 421 g/mol. The number of nitriles is 1. The number of halogens is 2. The van der Waals surface area contributed by atoms with Crippen LogP contribution < -0.4 is 5.32 Å². The van der Waals surface area contributed by atoms with Gasteiger partial charge in [0.15, 0.2) is 0 Å². The molecule has 0 unspecified atom stereocenters. The number of para-hydroxylation sites is 1. The second-order valence-electron chi connectivity index (χ2n) is 6.25. The molecular formula is C21H13Cl2N5O. The van der Waals surface area contributed by atoms with Crippen LogP contribution in [0.5, 0.6) is 0 Å². The smallest absolute Gasteiger partial charge is 0.258 e. The molecule has 0 saturated heterocycles. The van der Waals surface area contributed by atoms with Crippen LogP contribution in [0.4, 0.5) is 5.69 Å².